The first-order valence-corrected chi connectivity index (χ1v) is 16.3. The van der Waals surface area contributed by atoms with E-state index in [2.05, 4.69) is 47.9 Å². The molecule has 6 rings (SSSR count). The van der Waals surface area contributed by atoms with Crippen molar-refractivity contribution in [1.29, 1.82) is 0 Å². The van der Waals surface area contributed by atoms with Crippen molar-refractivity contribution in [2.75, 3.05) is 45.8 Å². The second kappa shape index (κ2) is 12.9. The molecule has 10 heteroatoms. The van der Waals surface area contributed by atoms with Crippen LogP contribution in [0.15, 0.2) is 60.7 Å². The van der Waals surface area contributed by atoms with Crippen LogP contribution in [0.4, 0.5) is 71.8 Å². The van der Waals surface area contributed by atoms with E-state index in [9.17, 15) is 26.3 Å². The van der Waals surface area contributed by atoms with Crippen LogP contribution in [0.1, 0.15) is 61.1 Å². The molecular weight excluding hydrogens is 626 g/mol. The number of hydrogen-bond donors (Lipinski definition) is 0. The van der Waals surface area contributed by atoms with Crippen LogP contribution in [0, 0.1) is 27.7 Å². The normalized spacial score (nSPS) is 13.8. The maximum Gasteiger partial charge on any atom is 0.416 e. The van der Waals surface area contributed by atoms with Crippen LogP contribution in [0.3, 0.4) is 0 Å². The Morgan fingerprint density at radius 1 is 0.375 bits per heavy atom. The lowest BCUT2D eigenvalue weighted by Gasteiger charge is -2.40. The predicted octanol–water partition coefficient (Wildman–Crippen LogP) is 11.9. The summed E-state index contributed by atoms with van der Waals surface area (Å²) in [5.41, 5.74) is 10.3. The van der Waals surface area contributed by atoms with Crippen molar-refractivity contribution in [3.8, 4) is 0 Å². The van der Waals surface area contributed by atoms with Gasteiger partial charge in [0.25, 0.3) is 0 Å². The number of alkyl halides is 6. The average molecular weight is 669 g/mol. The average Bonchev–Trinajstić information content (AvgIpc) is 3.03. The Kier molecular flexibility index (Phi) is 9.43. The van der Waals surface area contributed by atoms with Gasteiger partial charge in [0.15, 0.2) is 0 Å². The molecule has 0 aliphatic carbocycles. The van der Waals surface area contributed by atoms with Gasteiger partial charge in [-0.15, -0.1) is 0 Å². The van der Waals surface area contributed by atoms with Crippen LogP contribution in [0.2, 0.25) is 0 Å². The third kappa shape index (κ3) is 6.17. The van der Waals surface area contributed by atoms with Crippen molar-refractivity contribution >= 4 is 45.5 Å². The molecule has 4 aromatic carbocycles. The minimum atomic E-state index is -4.34. The van der Waals surface area contributed by atoms with Crippen LogP contribution < -0.4 is 19.6 Å². The first-order valence-electron chi connectivity index (χ1n) is 16.3. The lowest BCUT2D eigenvalue weighted by atomic mass is 10.0. The highest BCUT2D eigenvalue weighted by molar-refractivity contribution is 5.95. The van der Waals surface area contributed by atoms with Crippen molar-refractivity contribution in [3.63, 3.8) is 0 Å². The topological polar surface area (TPSA) is 13.0 Å². The predicted molar refractivity (Wildman–Crippen MR) is 185 cm³/mol. The molecule has 4 nitrogen and oxygen atoms in total. The Morgan fingerprint density at radius 2 is 0.604 bits per heavy atom. The van der Waals surface area contributed by atoms with E-state index in [-0.39, 0.29) is 0 Å². The molecule has 256 valence electrons. The van der Waals surface area contributed by atoms with E-state index >= 15 is 0 Å². The SMILES string of the molecule is CCN1c2ccc(C(F)(F)F)cc2N(CC)c2cc(C)c(C)cc21.CCN1c2ccc(C(F)(F)F)cc2N(CC)c2cc(C)c(C)cc21. The molecule has 0 radical (unpaired) electrons. The van der Waals surface area contributed by atoms with Gasteiger partial charge >= 0.3 is 12.4 Å². The van der Waals surface area contributed by atoms with Gasteiger partial charge in [-0.1, -0.05) is 0 Å². The molecule has 0 unspecified atom stereocenters. The summed E-state index contributed by atoms with van der Waals surface area (Å²) in [6.07, 6.45) is -8.68. The molecule has 0 atom stereocenters. The molecular formula is C38H42F6N4. The van der Waals surface area contributed by atoms with Gasteiger partial charge in [0.2, 0.25) is 0 Å². The molecule has 0 N–H and O–H groups in total. The van der Waals surface area contributed by atoms with Gasteiger partial charge in [-0.2, -0.15) is 26.3 Å². The summed E-state index contributed by atoms with van der Waals surface area (Å²) in [6, 6.07) is 16.4. The second-order valence-electron chi connectivity index (χ2n) is 12.2. The number of benzene rings is 4. The lowest BCUT2D eigenvalue weighted by molar-refractivity contribution is -0.138. The molecule has 2 heterocycles. The fourth-order valence-electron chi connectivity index (χ4n) is 6.61. The monoisotopic (exact) mass is 668 g/mol. The van der Waals surface area contributed by atoms with Gasteiger partial charge in [0.05, 0.1) is 56.6 Å². The van der Waals surface area contributed by atoms with E-state index in [1.807, 2.05) is 51.3 Å². The number of fused-ring (bicyclic) bond motifs is 4. The zero-order valence-electron chi connectivity index (χ0n) is 28.7. The standard InChI is InChI=1S/2C19H21F3N2/c2*1-5-23-15-8-7-14(19(20,21)22)11-18(15)24(6-2)17-10-13(4)12(3)9-16(17)23/h2*7-11H,5-6H2,1-4H3. The summed E-state index contributed by atoms with van der Waals surface area (Å²) in [5.74, 6) is 0. The van der Waals surface area contributed by atoms with Crippen LogP contribution in [-0.2, 0) is 12.4 Å². The summed E-state index contributed by atoms with van der Waals surface area (Å²) in [5, 5.41) is 0. The minimum Gasteiger partial charge on any atom is -0.338 e. The van der Waals surface area contributed by atoms with E-state index < -0.39 is 23.5 Å². The number of anilines is 8. The van der Waals surface area contributed by atoms with Gasteiger partial charge in [-0.05, 0) is 138 Å². The number of nitrogens with zero attached hydrogens (tertiary/aromatic N) is 4. The van der Waals surface area contributed by atoms with Gasteiger partial charge in [0, 0.05) is 26.2 Å². The number of halogens is 6. The Hall–Kier alpha value is -4.34. The van der Waals surface area contributed by atoms with Crippen LogP contribution >= 0.6 is 0 Å². The van der Waals surface area contributed by atoms with Crippen molar-refractivity contribution in [1.82, 2.24) is 0 Å². The van der Waals surface area contributed by atoms with Crippen LogP contribution in [-0.4, -0.2) is 26.2 Å². The van der Waals surface area contributed by atoms with Gasteiger partial charge in [0.1, 0.15) is 0 Å². The van der Waals surface area contributed by atoms with Crippen molar-refractivity contribution in [2.24, 2.45) is 0 Å². The van der Waals surface area contributed by atoms with Gasteiger partial charge < -0.3 is 19.6 Å². The molecule has 4 aromatic rings. The van der Waals surface area contributed by atoms with Crippen molar-refractivity contribution in [2.45, 2.75) is 67.7 Å². The highest BCUT2D eigenvalue weighted by Crippen LogP contribution is 2.51. The molecule has 2 aliphatic heterocycles. The molecule has 0 saturated heterocycles. The Bertz CT molecular complexity index is 1690. The Labute approximate surface area is 279 Å². The summed E-state index contributed by atoms with van der Waals surface area (Å²) >= 11 is 0. The van der Waals surface area contributed by atoms with E-state index in [1.165, 1.54) is 35.4 Å². The van der Waals surface area contributed by atoms with E-state index in [1.54, 1.807) is 12.1 Å². The summed E-state index contributed by atoms with van der Waals surface area (Å²) < 4.78 is 78.9. The van der Waals surface area contributed by atoms with E-state index in [4.69, 9.17) is 0 Å². The highest BCUT2D eigenvalue weighted by atomic mass is 19.4. The summed E-state index contributed by atoms with van der Waals surface area (Å²) in [4.78, 5) is 8.11. The minimum absolute atomic E-state index is 0.608. The third-order valence-corrected chi connectivity index (χ3v) is 9.38. The Morgan fingerprint density at radius 3 is 0.833 bits per heavy atom. The third-order valence-electron chi connectivity index (χ3n) is 9.38. The first-order chi connectivity index (χ1) is 22.5. The second-order valence-corrected chi connectivity index (χ2v) is 12.2. The van der Waals surface area contributed by atoms with Crippen LogP contribution in [0.5, 0.6) is 0 Å². The molecule has 0 aromatic heterocycles. The maximum absolute atomic E-state index is 13.1. The fraction of sp³-hybridized carbons (Fsp3) is 0.368. The molecule has 0 bridgehead atoms. The largest absolute Gasteiger partial charge is 0.416 e. The smallest absolute Gasteiger partial charge is 0.338 e. The maximum atomic E-state index is 13.1. The molecule has 0 fully saturated rings. The number of hydrogen-bond acceptors (Lipinski definition) is 4. The first kappa shape index (κ1) is 35.0. The van der Waals surface area contributed by atoms with Gasteiger partial charge in [-0.3, -0.25) is 0 Å². The fourth-order valence-corrected chi connectivity index (χ4v) is 6.61. The van der Waals surface area contributed by atoms with Crippen LogP contribution in [0.25, 0.3) is 0 Å². The number of aryl methyl sites for hydroxylation is 4. The quantitative estimate of drug-likeness (QED) is 0.201. The molecule has 2 aliphatic rings. The Balaban J connectivity index is 0.000000188. The zero-order chi connectivity index (χ0) is 35.3. The summed E-state index contributed by atoms with van der Waals surface area (Å²) in [6.45, 7) is 18.8. The molecule has 0 spiro atoms. The van der Waals surface area contributed by atoms with E-state index in [0.717, 1.165) is 45.3 Å². The van der Waals surface area contributed by atoms with E-state index in [0.29, 0.717) is 37.6 Å². The molecule has 48 heavy (non-hydrogen) atoms. The summed E-state index contributed by atoms with van der Waals surface area (Å²) in [7, 11) is 0. The van der Waals surface area contributed by atoms with Crippen molar-refractivity contribution < 1.29 is 26.3 Å². The molecule has 0 amide bonds. The molecule has 0 saturated carbocycles. The highest BCUT2D eigenvalue weighted by Gasteiger charge is 2.36. The zero-order valence-corrected chi connectivity index (χ0v) is 28.7. The number of rotatable bonds is 4. The van der Waals surface area contributed by atoms with Crippen molar-refractivity contribution in [3.05, 3.63) is 94.0 Å². The van der Waals surface area contributed by atoms with Gasteiger partial charge in [-0.25, -0.2) is 0 Å². The lowest BCUT2D eigenvalue weighted by Crippen LogP contribution is -2.30.